The molecule has 1 rings (SSSR count). The summed E-state index contributed by atoms with van der Waals surface area (Å²) >= 11 is 5.44. The molecule has 0 aliphatic rings. The summed E-state index contributed by atoms with van der Waals surface area (Å²) < 4.78 is 23.6. The standard InChI is InChI=1S/C11H13ClO2S/c1-9-3-5-11(6-4-9)15(13,14)8-10(2)7-12/h3-7H,8H2,1-2H3/b10-7-. The minimum Gasteiger partial charge on any atom is -0.223 e. The van der Waals surface area contributed by atoms with Crippen LogP contribution in [0.1, 0.15) is 12.5 Å². The second kappa shape index (κ2) is 4.81. The van der Waals surface area contributed by atoms with Crippen LogP contribution in [-0.2, 0) is 9.84 Å². The molecule has 15 heavy (non-hydrogen) atoms. The van der Waals surface area contributed by atoms with Gasteiger partial charge in [0.2, 0.25) is 0 Å². The van der Waals surface area contributed by atoms with Crippen LogP contribution >= 0.6 is 11.6 Å². The van der Waals surface area contributed by atoms with Gasteiger partial charge in [-0.25, -0.2) is 8.42 Å². The molecule has 0 amide bonds. The highest BCUT2D eigenvalue weighted by Crippen LogP contribution is 2.14. The van der Waals surface area contributed by atoms with Crippen LogP contribution in [0.4, 0.5) is 0 Å². The zero-order valence-corrected chi connectivity index (χ0v) is 10.3. The average molecular weight is 245 g/mol. The Hall–Kier alpha value is -0.800. The average Bonchev–Trinajstić information content (AvgIpc) is 2.17. The van der Waals surface area contributed by atoms with Crippen molar-refractivity contribution in [3.63, 3.8) is 0 Å². The van der Waals surface area contributed by atoms with Gasteiger partial charge >= 0.3 is 0 Å². The topological polar surface area (TPSA) is 34.1 Å². The van der Waals surface area contributed by atoms with E-state index in [4.69, 9.17) is 11.6 Å². The van der Waals surface area contributed by atoms with Crippen molar-refractivity contribution in [2.45, 2.75) is 18.7 Å². The van der Waals surface area contributed by atoms with Gasteiger partial charge in [0.25, 0.3) is 0 Å². The molecule has 1 aromatic carbocycles. The summed E-state index contributed by atoms with van der Waals surface area (Å²) in [6, 6.07) is 6.80. The molecule has 82 valence electrons. The Balaban J connectivity index is 3.02. The van der Waals surface area contributed by atoms with Crippen molar-refractivity contribution in [3.8, 4) is 0 Å². The summed E-state index contributed by atoms with van der Waals surface area (Å²) in [5.41, 5.74) is 2.97. The highest BCUT2D eigenvalue weighted by atomic mass is 35.5. The van der Waals surface area contributed by atoms with E-state index in [0.29, 0.717) is 10.5 Å². The molecule has 0 aromatic heterocycles. The lowest BCUT2D eigenvalue weighted by Gasteiger charge is -2.04. The van der Waals surface area contributed by atoms with Crippen LogP contribution in [-0.4, -0.2) is 14.2 Å². The molecular weight excluding hydrogens is 232 g/mol. The highest BCUT2D eigenvalue weighted by Gasteiger charge is 2.14. The normalized spacial score (nSPS) is 12.9. The van der Waals surface area contributed by atoms with Crippen molar-refractivity contribution in [1.29, 1.82) is 0 Å². The van der Waals surface area contributed by atoms with Gasteiger partial charge < -0.3 is 0 Å². The first-order valence-corrected chi connectivity index (χ1v) is 6.60. The molecule has 0 aliphatic carbocycles. The Kier molecular flexibility index (Phi) is 3.94. The number of rotatable bonds is 3. The first-order valence-electron chi connectivity index (χ1n) is 4.51. The molecular formula is C11H13ClO2S. The Morgan fingerprint density at radius 1 is 1.33 bits per heavy atom. The Morgan fingerprint density at radius 3 is 2.33 bits per heavy atom. The van der Waals surface area contributed by atoms with Crippen LogP contribution in [0.2, 0.25) is 0 Å². The van der Waals surface area contributed by atoms with Gasteiger partial charge in [-0.3, -0.25) is 0 Å². The first-order chi connectivity index (χ1) is 6.95. The molecule has 2 nitrogen and oxygen atoms in total. The molecule has 0 heterocycles. The molecule has 0 aliphatic heterocycles. The van der Waals surface area contributed by atoms with Crippen molar-refractivity contribution in [1.82, 2.24) is 0 Å². The van der Waals surface area contributed by atoms with Crippen LogP contribution in [0.3, 0.4) is 0 Å². The fourth-order valence-corrected chi connectivity index (χ4v) is 2.73. The molecule has 0 spiro atoms. The van der Waals surface area contributed by atoms with E-state index in [1.54, 1.807) is 31.2 Å². The molecule has 1 aromatic rings. The summed E-state index contributed by atoms with van der Waals surface area (Å²) in [7, 11) is -3.24. The Bertz CT molecular complexity index is 458. The minimum absolute atomic E-state index is 0.0282. The third-order valence-electron chi connectivity index (χ3n) is 1.98. The van der Waals surface area contributed by atoms with Gasteiger partial charge in [0.1, 0.15) is 0 Å². The maximum absolute atomic E-state index is 11.8. The molecule has 0 atom stereocenters. The quantitative estimate of drug-likeness (QED) is 0.819. The largest absolute Gasteiger partial charge is 0.223 e. The van der Waals surface area contributed by atoms with Gasteiger partial charge in [-0.1, -0.05) is 29.3 Å². The number of hydrogen-bond donors (Lipinski definition) is 0. The fraction of sp³-hybridized carbons (Fsp3) is 0.273. The smallest absolute Gasteiger partial charge is 0.182 e. The van der Waals surface area contributed by atoms with Gasteiger partial charge in [0, 0.05) is 5.54 Å². The molecule has 0 unspecified atom stereocenters. The SMILES string of the molecule is C/C(=C/Cl)CS(=O)(=O)c1ccc(C)cc1. The maximum atomic E-state index is 11.8. The molecule has 0 N–H and O–H groups in total. The molecule has 0 bridgehead atoms. The van der Waals surface area contributed by atoms with E-state index in [2.05, 4.69) is 0 Å². The molecule has 0 radical (unpaired) electrons. The van der Waals surface area contributed by atoms with Gasteiger partial charge in [0.05, 0.1) is 10.6 Å². The lowest BCUT2D eigenvalue weighted by Crippen LogP contribution is -2.07. The summed E-state index contributed by atoms with van der Waals surface area (Å²) in [5, 5.41) is 0. The highest BCUT2D eigenvalue weighted by molar-refractivity contribution is 7.91. The number of hydrogen-bond acceptors (Lipinski definition) is 2. The zero-order chi connectivity index (χ0) is 11.5. The van der Waals surface area contributed by atoms with Crippen LogP contribution in [0.25, 0.3) is 0 Å². The third-order valence-corrected chi connectivity index (χ3v) is 4.18. The van der Waals surface area contributed by atoms with Gasteiger partial charge in [-0.15, -0.1) is 0 Å². The summed E-state index contributed by atoms with van der Waals surface area (Å²) in [5.74, 6) is -0.0282. The van der Waals surface area contributed by atoms with Crippen LogP contribution in [0, 0.1) is 6.92 Å². The van der Waals surface area contributed by atoms with Crippen molar-refractivity contribution in [3.05, 3.63) is 40.9 Å². The Morgan fingerprint density at radius 2 is 1.87 bits per heavy atom. The fourth-order valence-electron chi connectivity index (χ4n) is 1.16. The van der Waals surface area contributed by atoms with Crippen LogP contribution in [0.5, 0.6) is 0 Å². The number of benzene rings is 1. The van der Waals surface area contributed by atoms with E-state index in [0.717, 1.165) is 5.56 Å². The summed E-state index contributed by atoms with van der Waals surface area (Å²) in [4.78, 5) is 0.339. The second-order valence-electron chi connectivity index (χ2n) is 3.53. The predicted octanol–water partition coefficient (Wildman–Crippen LogP) is 2.91. The monoisotopic (exact) mass is 244 g/mol. The zero-order valence-electron chi connectivity index (χ0n) is 8.70. The number of sulfone groups is 1. The lowest BCUT2D eigenvalue weighted by atomic mass is 10.2. The molecule has 4 heteroatoms. The van der Waals surface area contributed by atoms with Crippen molar-refractivity contribution >= 4 is 21.4 Å². The summed E-state index contributed by atoms with van der Waals surface area (Å²) in [6.07, 6.45) is 0. The summed E-state index contributed by atoms with van der Waals surface area (Å²) in [6.45, 7) is 3.61. The van der Waals surface area contributed by atoms with Crippen molar-refractivity contribution < 1.29 is 8.42 Å². The number of aryl methyl sites for hydroxylation is 1. The van der Waals surface area contributed by atoms with Gasteiger partial charge in [0.15, 0.2) is 9.84 Å². The van der Waals surface area contributed by atoms with Crippen molar-refractivity contribution in [2.24, 2.45) is 0 Å². The minimum atomic E-state index is -3.24. The maximum Gasteiger partial charge on any atom is 0.182 e. The van der Waals surface area contributed by atoms with E-state index in [1.807, 2.05) is 6.92 Å². The third kappa shape index (κ3) is 3.36. The lowest BCUT2D eigenvalue weighted by molar-refractivity contribution is 0.598. The molecule has 0 saturated carbocycles. The van der Waals surface area contributed by atoms with E-state index in [-0.39, 0.29) is 5.75 Å². The molecule has 0 fully saturated rings. The first kappa shape index (κ1) is 12.3. The van der Waals surface area contributed by atoms with E-state index < -0.39 is 9.84 Å². The number of halogens is 1. The Labute approximate surface area is 95.5 Å². The molecule has 0 saturated heterocycles. The van der Waals surface area contributed by atoms with Gasteiger partial charge in [-0.05, 0) is 31.6 Å². The second-order valence-corrected chi connectivity index (χ2v) is 5.74. The van der Waals surface area contributed by atoms with E-state index >= 15 is 0 Å². The predicted molar refractivity (Wildman–Crippen MR) is 62.8 cm³/mol. The van der Waals surface area contributed by atoms with Crippen molar-refractivity contribution in [2.75, 3.05) is 5.75 Å². The van der Waals surface area contributed by atoms with E-state index in [1.165, 1.54) is 5.54 Å². The van der Waals surface area contributed by atoms with Gasteiger partial charge in [-0.2, -0.15) is 0 Å². The van der Waals surface area contributed by atoms with Crippen LogP contribution in [0.15, 0.2) is 40.3 Å². The van der Waals surface area contributed by atoms with E-state index in [9.17, 15) is 8.42 Å². The van der Waals surface area contributed by atoms with Crippen LogP contribution < -0.4 is 0 Å².